The van der Waals surface area contributed by atoms with Crippen molar-refractivity contribution in [3.05, 3.63) is 0 Å². The lowest BCUT2D eigenvalue weighted by atomic mass is 9.83. The molecule has 1 aliphatic heterocycles. The lowest BCUT2D eigenvalue weighted by Crippen LogP contribution is -2.28. The van der Waals surface area contributed by atoms with Crippen LogP contribution in [-0.4, -0.2) is 19.0 Å². The van der Waals surface area contributed by atoms with Crippen LogP contribution in [0.4, 0.5) is 0 Å². The summed E-state index contributed by atoms with van der Waals surface area (Å²) >= 11 is 0. The fraction of sp³-hybridized carbons (Fsp3) is 0.900. The van der Waals surface area contributed by atoms with Crippen LogP contribution in [0.15, 0.2) is 0 Å². The maximum Gasteiger partial charge on any atom is 0.133 e. The van der Waals surface area contributed by atoms with Gasteiger partial charge >= 0.3 is 0 Å². The van der Waals surface area contributed by atoms with Gasteiger partial charge in [-0.1, -0.05) is 6.92 Å². The first-order valence-corrected chi connectivity index (χ1v) is 4.84. The molecule has 2 unspecified atom stereocenters. The summed E-state index contributed by atoms with van der Waals surface area (Å²) in [6.07, 6.45) is 3.25. The SMILES string of the molecule is CCC(C(C)=O)C1CCCOC1. The molecule has 0 aromatic heterocycles. The highest BCUT2D eigenvalue weighted by molar-refractivity contribution is 5.78. The van der Waals surface area contributed by atoms with Gasteiger partial charge in [-0.05, 0) is 32.1 Å². The van der Waals surface area contributed by atoms with Crippen molar-refractivity contribution in [3.63, 3.8) is 0 Å². The van der Waals surface area contributed by atoms with Crippen LogP contribution >= 0.6 is 0 Å². The smallest absolute Gasteiger partial charge is 0.133 e. The molecule has 70 valence electrons. The number of rotatable bonds is 3. The maximum absolute atomic E-state index is 11.2. The molecule has 0 amide bonds. The molecule has 2 heteroatoms. The fourth-order valence-electron chi connectivity index (χ4n) is 2.04. The summed E-state index contributed by atoms with van der Waals surface area (Å²) < 4.78 is 5.36. The Morgan fingerprint density at radius 3 is 2.83 bits per heavy atom. The van der Waals surface area contributed by atoms with Gasteiger partial charge in [0.25, 0.3) is 0 Å². The molecule has 12 heavy (non-hydrogen) atoms. The highest BCUT2D eigenvalue weighted by Crippen LogP contribution is 2.25. The zero-order chi connectivity index (χ0) is 8.97. The molecule has 0 spiro atoms. The normalized spacial score (nSPS) is 26.7. The van der Waals surface area contributed by atoms with Crippen LogP contribution in [0.1, 0.15) is 33.1 Å². The van der Waals surface area contributed by atoms with E-state index in [2.05, 4.69) is 6.92 Å². The Morgan fingerprint density at radius 1 is 1.67 bits per heavy atom. The fourth-order valence-corrected chi connectivity index (χ4v) is 2.04. The van der Waals surface area contributed by atoms with Gasteiger partial charge in [-0.3, -0.25) is 4.79 Å². The number of hydrogen-bond donors (Lipinski definition) is 0. The first kappa shape index (κ1) is 9.72. The average Bonchev–Trinajstić information content (AvgIpc) is 2.07. The van der Waals surface area contributed by atoms with Crippen molar-refractivity contribution in [2.75, 3.05) is 13.2 Å². The van der Waals surface area contributed by atoms with Crippen molar-refractivity contribution >= 4 is 5.78 Å². The van der Waals surface area contributed by atoms with E-state index in [1.54, 1.807) is 6.92 Å². The number of ether oxygens (including phenoxy) is 1. The van der Waals surface area contributed by atoms with Crippen LogP contribution in [-0.2, 0) is 9.53 Å². The molecule has 0 saturated carbocycles. The van der Waals surface area contributed by atoms with Crippen molar-refractivity contribution in [1.82, 2.24) is 0 Å². The molecule has 0 N–H and O–H groups in total. The zero-order valence-corrected chi connectivity index (χ0v) is 8.01. The van der Waals surface area contributed by atoms with Crippen molar-refractivity contribution in [2.45, 2.75) is 33.1 Å². The number of carbonyl (C=O) groups is 1. The first-order valence-electron chi connectivity index (χ1n) is 4.84. The summed E-state index contributed by atoms with van der Waals surface area (Å²) in [6.45, 7) is 5.45. The van der Waals surface area contributed by atoms with E-state index in [1.807, 2.05) is 0 Å². The predicted molar refractivity (Wildman–Crippen MR) is 48.0 cm³/mol. The third-order valence-corrected chi connectivity index (χ3v) is 2.73. The molecule has 0 aromatic rings. The second-order valence-corrected chi connectivity index (χ2v) is 3.60. The molecule has 2 nitrogen and oxygen atoms in total. The number of Topliss-reactive ketones (excluding diaryl/α,β-unsaturated/α-hetero) is 1. The van der Waals surface area contributed by atoms with Gasteiger partial charge in [0.1, 0.15) is 5.78 Å². The monoisotopic (exact) mass is 170 g/mol. The topological polar surface area (TPSA) is 26.3 Å². The average molecular weight is 170 g/mol. The summed E-state index contributed by atoms with van der Waals surface area (Å²) in [5, 5.41) is 0. The Kier molecular flexibility index (Phi) is 3.73. The molecular formula is C10H18O2. The van der Waals surface area contributed by atoms with Gasteiger partial charge in [0.2, 0.25) is 0 Å². The zero-order valence-electron chi connectivity index (χ0n) is 8.01. The van der Waals surface area contributed by atoms with Crippen LogP contribution in [0.2, 0.25) is 0 Å². The lowest BCUT2D eigenvalue weighted by molar-refractivity contribution is -0.124. The molecule has 0 aromatic carbocycles. The van der Waals surface area contributed by atoms with Gasteiger partial charge in [-0.25, -0.2) is 0 Å². The summed E-state index contributed by atoms with van der Waals surface area (Å²) in [4.78, 5) is 11.2. The number of carbonyl (C=O) groups excluding carboxylic acids is 1. The third kappa shape index (κ3) is 2.31. The maximum atomic E-state index is 11.2. The molecule has 1 saturated heterocycles. The summed E-state index contributed by atoms with van der Waals surface area (Å²) in [5.41, 5.74) is 0. The van der Waals surface area contributed by atoms with Crippen molar-refractivity contribution in [3.8, 4) is 0 Å². The van der Waals surface area contributed by atoms with E-state index in [-0.39, 0.29) is 5.92 Å². The van der Waals surface area contributed by atoms with Crippen LogP contribution in [0.25, 0.3) is 0 Å². The van der Waals surface area contributed by atoms with E-state index >= 15 is 0 Å². The van der Waals surface area contributed by atoms with Gasteiger partial charge in [0, 0.05) is 12.5 Å². The molecule has 1 rings (SSSR count). The largest absolute Gasteiger partial charge is 0.381 e. The summed E-state index contributed by atoms with van der Waals surface area (Å²) in [6, 6.07) is 0. The predicted octanol–water partition coefficient (Wildman–Crippen LogP) is 2.03. The Balaban J connectivity index is 2.46. The molecule has 1 heterocycles. The van der Waals surface area contributed by atoms with Crippen molar-refractivity contribution < 1.29 is 9.53 Å². The minimum Gasteiger partial charge on any atom is -0.381 e. The Labute approximate surface area is 74.3 Å². The summed E-state index contributed by atoms with van der Waals surface area (Å²) in [5.74, 6) is 1.06. The van der Waals surface area contributed by atoms with Gasteiger partial charge in [0.15, 0.2) is 0 Å². The summed E-state index contributed by atoms with van der Waals surface area (Å²) in [7, 11) is 0. The van der Waals surface area contributed by atoms with E-state index in [0.29, 0.717) is 11.7 Å². The number of ketones is 1. The molecular weight excluding hydrogens is 152 g/mol. The standard InChI is InChI=1S/C10H18O2/c1-3-10(8(2)11)9-5-4-6-12-7-9/h9-10H,3-7H2,1-2H3. The Morgan fingerprint density at radius 2 is 2.42 bits per heavy atom. The van der Waals surface area contributed by atoms with Crippen molar-refractivity contribution in [2.24, 2.45) is 11.8 Å². The van der Waals surface area contributed by atoms with Gasteiger partial charge in [-0.2, -0.15) is 0 Å². The Bertz CT molecular complexity index is 148. The van der Waals surface area contributed by atoms with E-state index in [4.69, 9.17) is 4.74 Å². The highest BCUT2D eigenvalue weighted by atomic mass is 16.5. The lowest BCUT2D eigenvalue weighted by Gasteiger charge is -2.27. The van der Waals surface area contributed by atoms with Gasteiger partial charge in [0.05, 0.1) is 6.61 Å². The third-order valence-electron chi connectivity index (χ3n) is 2.73. The number of hydrogen-bond acceptors (Lipinski definition) is 2. The highest BCUT2D eigenvalue weighted by Gasteiger charge is 2.25. The first-order chi connectivity index (χ1) is 5.75. The molecule has 0 bridgehead atoms. The minimum absolute atomic E-state index is 0.241. The van der Waals surface area contributed by atoms with E-state index in [9.17, 15) is 4.79 Å². The quantitative estimate of drug-likeness (QED) is 0.647. The van der Waals surface area contributed by atoms with Crippen molar-refractivity contribution in [1.29, 1.82) is 0 Å². The second kappa shape index (κ2) is 4.61. The van der Waals surface area contributed by atoms with Crippen LogP contribution in [0.5, 0.6) is 0 Å². The second-order valence-electron chi connectivity index (χ2n) is 3.60. The van der Waals surface area contributed by atoms with E-state index < -0.39 is 0 Å². The minimum atomic E-state index is 0.241. The molecule has 2 atom stereocenters. The molecule has 1 fully saturated rings. The molecule has 1 aliphatic rings. The Hall–Kier alpha value is -0.370. The molecule has 0 radical (unpaired) electrons. The molecule has 0 aliphatic carbocycles. The van der Waals surface area contributed by atoms with E-state index in [1.165, 1.54) is 0 Å². The van der Waals surface area contributed by atoms with Crippen LogP contribution in [0.3, 0.4) is 0 Å². The van der Waals surface area contributed by atoms with Crippen LogP contribution in [0, 0.1) is 11.8 Å². The van der Waals surface area contributed by atoms with Gasteiger partial charge in [-0.15, -0.1) is 0 Å². The van der Waals surface area contributed by atoms with Gasteiger partial charge < -0.3 is 4.74 Å². The van der Waals surface area contributed by atoms with E-state index in [0.717, 1.165) is 32.5 Å². The van der Waals surface area contributed by atoms with Crippen LogP contribution < -0.4 is 0 Å².